The second-order valence-corrected chi connectivity index (χ2v) is 5.97. The zero-order valence-corrected chi connectivity index (χ0v) is 15.3. The Kier molecular flexibility index (Phi) is 6.10. The first-order valence-electron chi connectivity index (χ1n) is 8.46. The summed E-state index contributed by atoms with van der Waals surface area (Å²) in [5.41, 5.74) is 1.84. The van der Waals surface area contributed by atoms with Crippen LogP contribution in [0.5, 0.6) is 17.2 Å². The van der Waals surface area contributed by atoms with E-state index in [1.54, 1.807) is 38.3 Å². The van der Waals surface area contributed by atoms with Crippen LogP contribution in [0.1, 0.15) is 24.4 Å². The zero-order chi connectivity index (χ0) is 20.1. The van der Waals surface area contributed by atoms with Gasteiger partial charge in [-0.05, 0) is 42.8 Å². The molecule has 1 atom stereocenters. The SMILES string of the molecule is COc1ccc(COc2cc(-c3cc(C(C)O)on3)ccc2OC(F)F)cc1. The molecular formula is C20H19F2NO5. The van der Waals surface area contributed by atoms with Gasteiger partial charge in [0.15, 0.2) is 17.3 Å². The second kappa shape index (κ2) is 8.71. The van der Waals surface area contributed by atoms with E-state index in [0.717, 1.165) is 5.56 Å². The molecular weight excluding hydrogens is 372 g/mol. The minimum Gasteiger partial charge on any atom is -0.497 e. The molecule has 0 spiro atoms. The summed E-state index contributed by atoms with van der Waals surface area (Å²) in [6.07, 6.45) is -0.812. The topological polar surface area (TPSA) is 74.0 Å². The Morgan fingerprint density at radius 1 is 1.07 bits per heavy atom. The van der Waals surface area contributed by atoms with Crippen LogP contribution in [0.3, 0.4) is 0 Å². The molecule has 6 nitrogen and oxygen atoms in total. The molecule has 8 heteroatoms. The number of halogens is 2. The van der Waals surface area contributed by atoms with Gasteiger partial charge in [-0.2, -0.15) is 8.78 Å². The Labute approximate surface area is 160 Å². The van der Waals surface area contributed by atoms with Crippen LogP contribution >= 0.6 is 0 Å². The summed E-state index contributed by atoms with van der Waals surface area (Å²) in [6, 6.07) is 13.2. The van der Waals surface area contributed by atoms with Gasteiger partial charge < -0.3 is 23.8 Å². The van der Waals surface area contributed by atoms with E-state index < -0.39 is 12.7 Å². The lowest BCUT2D eigenvalue weighted by Gasteiger charge is -2.13. The van der Waals surface area contributed by atoms with Crippen LogP contribution in [0.4, 0.5) is 8.78 Å². The first-order chi connectivity index (χ1) is 13.5. The van der Waals surface area contributed by atoms with Crippen LogP contribution < -0.4 is 14.2 Å². The minimum atomic E-state index is -2.98. The van der Waals surface area contributed by atoms with Crippen LogP contribution in [0.15, 0.2) is 53.1 Å². The predicted octanol–water partition coefficient (Wildman–Crippen LogP) is 4.58. The first kappa shape index (κ1) is 19.6. The van der Waals surface area contributed by atoms with Crippen molar-refractivity contribution in [3.05, 3.63) is 59.9 Å². The number of nitrogens with zero attached hydrogens (tertiary/aromatic N) is 1. The van der Waals surface area contributed by atoms with Gasteiger partial charge in [-0.3, -0.25) is 0 Å². The molecule has 0 amide bonds. The molecule has 0 aliphatic heterocycles. The van der Waals surface area contributed by atoms with Gasteiger partial charge in [0.1, 0.15) is 24.2 Å². The summed E-state index contributed by atoms with van der Waals surface area (Å²) in [5.74, 6) is 1.04. The van der Waals surface area contributed by atoms with Gasteiger partial charge in [-0.25, -0.2) is 0 Å². The highest BCUT2D eigenvalue weighted by atomic mass is 19.3. The molecule has 0 saturated heterocycles. The Morgan fingerprint density at radius 3 is 2.43 bits per heavy atom. The van der Waals surface area contributed by atoms with Gasteiger partial charge in [0.25, 0.3) is 0 Å². The molecule has 0 aliphatic rings. The summed E-state index contributed by atoms with van der Waals surface area (Å²) in [6.45, 7) is -1.29. The first-order valence-corrected chi connectivity index (χ1v) is 8.46. The fourth-order valence-corrected chi connectivity index (χ4v) is 2.48. The lowest BCUT2D eigenvalue weighted by Crippen LogP contribution is -2.05. The average Bonchev–Trinajstić information content (AvgIpc) is 3.18. The smallest absolute Gasteiger partial charge is 0.387 e. The number of alkyl halides is 2. The number of methoxy groups -OCH3 is 1. The fraction of sp³-hybridized carbons (Fsp3) is 0.250. The number of rotatable bonds is 8. The van der Waals surface area contributed by atoms with Crippen molar-refractivity contribution in [3.8, 4) is 28.5 Å². The highest BCUT2D eigenvalue weighted by Crippen LogP contribution is 2.34. The van der Waals surface area contributed by atoms with E-state index in [-0.39, 0.29) is 18.1 Å². The maximum absolute atomic E-state index is 12.7. The molecule has 1 unspecified atom stereocenters. The predicted molar refractivity (Wildman–Crippen MR) is 96.5 cm³/mol. The van der Waals surface area contributed by atoms with Crippen molar-refractivity contribution in [2.45, 2.75) is 26.2 Å². The minimum absolute atomic E-state index is 0.0912. The van der Waals surface area contributed by atoms with E-state index in [1.807, 2.05) is 12.1 Å². The molecule has 0 radical (unpaired) electrons. The monoisotopic (exact) mass is 391 g/mol. The molecule has 28 heavy (non-hydrogen) atoms. The van der Waals surface area contributed by atoms with E-state index >= 15 is 0 Å². The second-order valence-electron chi connectivity index (χ2n) is 5.97. The van der Waals surface area contributed by atoms with Crippen molar-refractivity contribution in [1.82, 2.24) is 5.16 Å². The summed E-state index contributed by atoms with van der Waals surface area (Å²) in [5, 5.41) is 13.4. The highest BCUT2D eigenvalue weighted by molar-refractivity contribution is 5.64. The van der Waals surface area contributed by atoms with Crippen LogP contribution in [0.2, 0.25) is 0 Å². The number of aliphatic hydroxyl groups is 1. The van der Waals surface area contributed by atoms with Crippen molar-refractivity contribution >= 4 is 0 Å². The molecule has 0 aliphatic carbocycles. The number of aliphatic hydroxyl groups excluding tert-OH is 1. The molecule has 3 rings (SSSR count). The van der Waals surface area contributed by atoms with Crippen molar-refractivity contribution in [3.63, 3.8) is 0 Å². The summed E-state index contributed by atoms with van der Waals surface area (Å²) < 4.78 is 45.8. The third kappa shape index (κ3) is 4.77. The molecule has 3 aromatic rings. The fourth-order valence-electron chi connectivity index (χ4n) is 2.48. The Bertz CT molecular complexity index is 909. The molecule has 148 valence electrons. The van der Waals surface area contributed by atoms with Crippen LogP contribution in [0, 0.1) is 0 Å². The maximum atomic E-state index is 12.7. The average molecular weight is 391 g/mol. The van der Waals surface area contributed by atoms with Gasteiger partial charge in [-0.1, -0.05) is 17.3 Å². The lowest BCUT2D eigenvalue weighted by molar-refractivity contribution is -0.0515. The molecule has 1 aromatic heterocycles. The van der Waals surface area contributed by atoms with Crippen LogP contribution in [-0.2, 0) is 6.61 Å². The van der Waals surface area contributed by atoms with Crippen LogP contribution in [0.25, 0.3) is 11.3 Å². The van der Waals surface area contributed by atoms with Gasteiger partial charge in [0, 0.05) is 11.6 Å². The number of hydrogen-bond donors (Lipinski definition) is 1. The quantitative estimate of drug-likeness (QED) is 0.606. The summed E-state index contributed by atoms with van der Waals surface area (Å²) in [7, 11) is 1.57. The molecule has 0 saturated carbocycles. The van der Waals surface area contributed by atoms with Crippen molar-refractivity contribution < 1.29 is 32.6 Å². The molecule has 0 fully saturated rings. The molecule has 1 N–H and O–H groups in total. The third-order valence-electron chi connectivity index (χ3n) is 3.95. The van der Waals surface area contributed by atoms with E-state index in [2.05, 4.69) is 9.89 Å². The Hall–Kier alpha value is -3.13. The van der Waals surface area contributed by atoms with Crippen molar-refractivity contribution in [2.75, 3.05) is 7.11 Å². The van der Waals surface area contributed by atoms with E-state index in [4.69, 9.17) is 14.0 Å². The van der Waals surface area contributed by atoms with Crippen molar-refractivity contribution in [2.24, 2.45) is 0 Å². The largest absolute Gasteiger partial charge is 0.497 e. The van der Waals surface area contributed by atoms with Gasteiger partial charge in [0.05, 0.1) is 7.11 Å². The highest BCUT2D eigenvalue weighted by Gasteiger charge is 2.16. The van der Waals surface area contributed by atoms with Gasteiger partial charge in [0.2, 0.25) is 0 Å². The number of ether oxygens (including phenoxy) is 3. The number of aromatic nitrogens is 1. The summed E-state index contributed by atoms with van der Waals surface area (Å²) >= 11 is 0. The zero-order valence-electron chi connectivity index (χ0n) is 15.3. The standard InChI is InChI=1S/C20H19F2NO5/c1-12(24)18-10-16(23-28-18)14-5-8-17(27-20(21)22)19(9-14)26-11-13-3-6-15(25-2)7-4-13/h3-10,12,20,24H,11H2,1-2H3. The van der Waals surface area contributed by atoms with Gasteiger partial charge in [-0.15, -0.1) is 0 Å². The number of benzene rings is 2. The normalized spacial score (nSPS) is 12.1. The summed E-state index contributed by atoms with van der Waals surface area (Å²) in [4.78, 5) is 0. The lowest BCUT2D eigenvalue weighted by atomic mass is 10.1. The maximum Gasteiger partial charge on any atom is 0.387 e. The van der Waals surface area contributed by atoms with Crippen LogP contribution in [-0.4, -0.2) is 24.0 Å². The van der Waals surface area contributed by atoms with Gasteiger partial charge >= 0.3 is 6.61 Å². The number of hydrogen-bond acceptors (Lipinski definition) is 6. The Morgan fingerprint density at radius 2 is 1.82 bits per heavy atom. The third-order valence-corrected chi connectivity index (χ3v) is 3.95. The molecule has 2 aromatic carbocycles. The van der Waals surface area contributed by atoms with E-state index in [1.165, 1.54) is 12.1 Å². The van der Waals surface area contributed by atoms with E-state index in [0.29, 0.717) is 22.8 Å². The molecule has 0 bridgehead atoms. The van der Waals surface area contributed by atoms with E-state index in [9.17, 15) is 13.9 Å². The molecule has 1 heterocycles. The van der Waals surface area contributed by atoms with Crippen molar-refractivity contribution in [1.29, 1.82) is 0 Å². The Balaban J connectivity index is 1.84.